The molecular weight excluding hydrogens is 266 g/mol. The van der Waals surface area contributed by atoms with Crippen LogP contribution < -0.4 is 0 Å². The van der Waals surface area contributed by atoms with Crippen LogP contribution in [0.3, 0.4) is 0 Å². The Morgan fingerprint density at radius 2 is 1.71 bits per heavy atom. The summed E-state index contributed by atoms with van der Waals surface area (Å²) in [6.45, 7) is 1.33. The zero-order chi connectivity index (χ0) is 14.8. The molecule has 0 saturated heterocycles. The number of amides is 1. The highest BCUT2D eigenvalue weighted by molar-refractivity contribution is 5.85. The largest absolute Gasteiger partial charge is 0.481 e. The molecule has 0 spiro atoms. The summed E-state index contributed by atoms with van der Waals surface area (Å²) in [5.41, 5.74) is 2.50. The molecule has 112 valence electrons. The first-order chi connectivity index (χ1) is 10.2. The topological polar surface area (TPSA) is 57.6 Å². The summed E-state index contributed by atoms with van der Waals surface area (Å²) in [4.78, 5) is 26.0. The minimum absolute atomic E-state index is 0.0385. The van der Waals surface area contributed by atoms with E-state index in [-0.39, 0.29) is 11.8 Å². The van der Waals surface area contributed by atoms with Crippen LogP contribution in [0.2, 0.25) is 0 Å². The Balaban J connectivity index is 1.75. The van der Waals surface area contributed by atoms with Crippen molar-refractivity contribution in [2.75, 3.05) is 6.54 Å². The third kappa shape index (κ3) is 2.80. The van der Waals surface area contributed by atoms with E-state index in [1.165, 1.54) is 11.1 Å². The summed E-state index contributed by atoms with van der Waals surface area (Å²) in [5.74, 6) is -1.60. The van der Waals surface area contributed by atoms with Gasteiger partial charge in [-0.15, -0.1) is 0 Å². The van der Waals surface area contributed by atoms with Gasteiger partial charge in [0.1, 0.15) is 0 Å². The van der Waals surface area contributed by atoms with Crippen LogP contribution in [0.4, 0.5) is 0 Å². The van der Waals surface area contributed by atoms with Crippen LogP contribution in [0.5, 0.6) is 0 Å². The summed E-state index contributed by atoms with van der Waals surface area (Å²) in [5, 5.41) is 9.34. The number of carbonyl (C=O) groups is 2. The molecule has 2 aliphatic rings. The molecule has 1 saturated carbocycles. The number of carboxylic acids is 1. The first kappa shape index (κ1) is 14.1. The zero-order valence-corrected chi connectivity index (χ0v) is 12.1. The fourth-order valence-corrected chi connectivity index (χ4v) is 3.64. The fourth-order valence-electron chi connectivity index (χ4n) is 3.64. The van der Waals surface area contributed by atoms with Crippen molar-refractivity contribution in [3.05, 3.63) is 35.4 Å². The van der Waals surface area contributed by atoms with E-state index in [0.29, 0.717) is 25.9 Å². The van der Waals surface area contributed by atoms with Crippen molar-refractivity contribution >= 4 is 11.9 Å². The van der Waals surface area contributed by atoms with Crippen molar-refractivity contribution < 1.29 is 14.7 Å². The molecule has 0 radical (unpaired) electrons. The number of benzene rings is 1. The number of aliphatic carboxylic acids is 1. The highest BCUT2D eigenvalue weighted by Gasteiger charge is 2.38. The lowest BCUT2D eigenvalue weighted by Gasteiger charge is -2.35. The van der Waals surface area contributed by atoms with Crippen molar-refractivity contribution in [1.29, 1.82) is 0 Å². The van der Waals surface area contributed by atoms with Crippen LogP contribution in [0.1, 0.15) is 36.8 Å². The third-order valence-corrected chi connectivity index (χ3v) is 4.84. The summed E-state index contributed by atoms with van der Waals surface area (Å²) in [6.07, 6.45) is 4.10. The maximum Gasteiger partial charge on any atom is 0.307 e. The lowest BCUT2D eigenvalue weighted by atomic mass is 9.78. The first-order valence-electron chi connectivity index (χ1n) is 7.75. The number of fused-ring (bicyclic) bond motifs is 1. The highest BCUT2D eigenvalue weighted by atomic mass is 16.4. The molecule has 1 aromatic rings. The summed E-state index contributed by atoms with van der Waals surface area (Å²) in [7, 11) is 0. The van der Waals surface area contributed by atoms with E-state index in [1.54, 1.807) is 0 Å². The van der Waals surface area contributed by atoms with Gasteiger partial charge >= 0.3 is 5.97 Å². The number of carbonyl (C=O) groups excluding carboxylic acids is 1. The second-order valence-electron chi connectivity index (χ2n) is 6.11. The van der Waals surface area contributed by atoms with E-state index < -0.39 is 11.9 Å². The Morgan fingerprint density at radius 1 is 1.05 bits per heavy atom. The molecule has 4 heteroatoms. The maximum atomic E-state index is 12.7. The molecule has 4 nitrogen and oxygen atoms in total. The fraction of sp³-hybridized carbons (Fsp3) is 0.529. The van der Waals surface area contributed by atoms with Crippen LogP contribution in [-0.2, 0) is 22.6 Å². The van der Waals surface area contributed by atoms with Crippen LogP contribution in [-0.4, -0.2) is 28.4 Å². The maximum absolute atomic E-state index is 12.7. The van der Waals surface area contributed by atoms with Gasteiger partial charge in [-0.1, -0.05) is 37.1 Å². The SMILES string of the molecule is O=C(O)[C@@H]1CCCC[C@@H]1C(=O)N1CCc2ccccc2C1. The number of hydrogen-bond donors (Lipinski definition) is 1. The summed E-state index contributed by atoms with van der Waals surface area (Å²) < 4.78 is 0. The molecule has 1 aromatic carbocycles. The first-order valence-corrected chi connectivity index (χ1v) is 7.75. The van der Waals surface area contributed by atoms with Gasteiger partial charge in [0, 0.05) is 13.1 Å². The number of hydrogen-bond acceptors (Lipinski definition) is 2. The van der Waals surface area contributed by atoms with Crippen LogP contribution in [0.25, 0.3) is 0 Å². The molecular formula is C17H21NO3. The second kappa shape index (κ2) is 5.88. The van der Waals surface area contributed by atoms with Gasteiger partial charge in [0.2, 0.25) is 5.91 Å². The van der Waals surface area contributed by atoms with Crippen LogP contribution >= 0.6 is 0 Å². The Kier molecular flexibility index (Phi) is 3.95. The van der Waals surface area contributed by atoms with Gasteiger partial charge in [-0.3, -0.25) is 9.59 Å². The van der Waals surface area contributed by atoms with Gasteiger partial charge in [-0.05, 0) is 30.4 Å². The summed E-state index contributed by atoms with van der Waals surface area (Å²) >= 11 is 0. The molecule has 0 unspecified atom stereocenters. The predicted molar refractivity (Wildman–Crippen MR) is 78.6 cm³/mol. The smallest absolute Gasteiger partial charge is 0.307 e. The minimum Gasteiger partial charge on any atom is -0.481 e. The van der Waals surface area contributed by atoms with E-state index in [4.69, 9.17) is 0 Å². The Bertz CT molecular complexity index is 555. The average Bonchev–Trinajstić information content (AvgIpc) is 2.53. The van der Waals surface area contributed by atoms with Gasteiger partial charge in [0.15, 0.2) is 0 Å². The highest BCUT2D eigenvalue weighted by Crippen LogP contribution is 2.33. The third-order valence-electron chi connectivity index (χ3n) is 4.84. The standard InChI is InChI=1S/C17H21NO3/c19-16(14-7-3-4-8-15(14)17(20)21)18-10-9-12-5-1-2-6-13(12)11-18/h1-2,5-6,14-15H,3-4,7-11H2,(H,20,21)/t14-,15+/m0/s1. The molecule has 0 aromatic heterocycles. The van der Waals surface area contributed by atoms with Crippen LogP contribution in [0.15, 0.2) is 24.3 Å². The monoisotopic (exact) mass is 287 g/mol. The van der Waals surface area contributed by atoms with Crippen molar-refractivity contribution in [3.63, 3.8) is 0 Å². The van der Waals surface area contributed by atoms with Crippen molar-refractivity contribution in [2.45, 2.75) is 38.6 Å². The predicted octanol–water partition coefficient (Wildman–Crippen LogP) is 2.46. The van der Waals surface area contributed by atoms with E-state index in [0.717, 1.165) is 19.3 Å². The quantitative estimate of drug-likeness (QED) is 0.909. The molecule has 21 heavy (non-hydrogen) atoms. The molecule has 0 bridgehead atoms. The van der Waals surface area contributed by atoms with Gasteiger partial charge in [0.25, 0.3) is 0 Å². The van der Waals surface area contributed by atoms with Crippen molar-refractivity contribution in [1.82, 2.24) is 4.90 Å². The lowest BCUT2D eigenvalue weighted by molar-refractivity contribution is -0.152. The number of rotatable bonds is 2. The zero-order valence-electron chi connectivity index (χ0n) is 12.1. The van der Waals surface area contributed by atoms with Gasteiger partial charge < -0.3 is 10.0 Å². The molecule has 1 heterocycles. The van der Waals surface area contributed by atoms with Crippen molar-refractivity contribution in [2.24, 2.45) is 11.8 Å². The molecule has 3 rings (SSSR count). The van der Waals surface area contributed by atoms with Crippen LogP contribution in [0, 0.1) is 11.8 Å². The van der Waals surface area contributed by atoms with E-state index in [1.807, 2.05) is 17.0 Å². The minimum atomic E-state index is -0.814. The molecule has 1 fully saturated rings. The molecule has 2 atom stereocenters. The van der Waals surface area contributed by atoms with E-state index >= 15 is 0 Å². The second-order valence-corrected chi connectivity index (χ2v) is 6.11. The van der Waals surface area contributed by atoms with E-state index in [9.17, 15) is 14.7 Å². The Hall–Kier alpha value is -1.84. The molecule has 1 aliphatic heterocycles. The number of nitrogens with zero attached hydrogens (tertiary/aromatic N) is 1. The summed E-state index contributed by atoms with van der Waals surface area (Å²) in [6, 6.07) is 8.19. The Morgan fingerprint density at radius 3 is 2.43 bits per heavy atom. The molecule has 1 N–H and O–H groups in total. The molecule has 1 aliphatic carbocycles. The van der Waals surface area contributed by atoms with Crippen molar-refractivity contribution in [3.8, 4) is 0 Å². The molecule has 1 amide bonds. The van der Waals surface area contributed by atoms with E-state index in [2.05, 4.69) is 12.1 Å². The normalized spacial score (nSPS) is 25.2. The average molecular weight is 287 g/mol. The van der Waals surface area contributed by atoms with Gasteiger partial charge in [-0.2, -0.15) is 0 Å². The van der Waals surface area contributed by atoms with Gasteiger partial charge in [0.05, 0.1) is 11.8 Å². The number of carboxylic acid groups (broad SMARTS) is 1. The van der Waals surface area contributed by atoms with Gasteiger partial charge in [-0.25, -0.2) is 0 Å². The Labute approximate surface area is 124 Å². The lowest BCUT2D eigenvalue weighted by Crippen LogP contribution is -2.44.